The van der Waals surface area contributed by atoms with Gasteiger partial charge < -0.3 is 10.0 Å². The zero-order valence-corrected chi connectivity index (χ0v) is 11.0. The Morgan fingerprint density at radius 3 is 2.31 bits per heavy atom. The molecular formula is C12H24N2O2. The lowest BCUT2D eigenvalue weighted by atomic mass is 10.0. The fourth-order valence-electron chi connectivity index (χ4n) is 2.11. The molecule has 0 unspecified atom stereocenters. The Kier molecular flexibility index (Phi) is 3.97. The van der Waals surface area contributed by atoms with Crippen LogP contribution in [0, 0.1) is 0 Å². The van der Waals surface area contributed by atoms with Gasteiger partial charge in [-0.15, -0.1) is 0 Å². The van der Waals surface area contributed by atoms with Gasteiger partial charge in [-0.1, -0.05) is 0 Å². The van der Waals surface area contributed by atoms with Crippen LogP contribution in [0.1, 0.15) is 34.6 Å². The van der Waals surface area contributed by atoms with E-state index in [0.717, 1.165) is 13.1 Å². The number of rotatable bonds is 2. The highest BCUT2D eigenvalue weighted by atomic mass is 16.3. The third-order valence-corrected chi connectivity index (χ3v) is 3.17. The van der Waals surface area contributed by atoms with Gasteiger partial charge >= 0.3 is 0 Å². The molecule has 0 bridgehead atoms. The summed E-state index contributed by atoms with van der Waals surface area (Å²) in [5, 5.41) is 9.73. The molecular weight excluding hydrogens is 204 g/mol. The van der Waals surface area contributed by atoms with Gasteiger partial charge in [0.05, 0.1) is 0 Å². The van der Waals surface area contributed by atoms with E-state index in [2.05, 4.69) is 18.7 Å². The normalized spacial score (nSPS) is 23.9. The lowest BCUT2D eigenvalue weighted by Crippen LogP contribution is -2.59. The highest BCUT2D eigenvalue weighted by molar-refractivity contribution is 5.84. The standard InChI is InChI=1S/C12H24N2O2/c1-9(2)13-6-7-14(10(3)8-13)11(15)12(4,5)16/h9-10,16H,6-8H2,1-5H3/t10-/m1/s1. The summed E-state index contributed by atoms with van der Waals surface area (Å²) in [5.74, 6) is -0.164. The van der Waals surface area contributed by atoms with E-state index >= 15 is 0 Å². The average molecular weight is 228 g/mol. The summed E-state index contributed by atoms with van der Waals surface area (Å²) < 4.78 is 0. The van der Waals surface area contributed by atoms with E-state index < -0.39 is 5.60 Å². The fourth-order valence-corrected chi connectivity index (χ4v) is 2.11. The summed E-state index contributed by atoms with van der Waals surface area (Å²) in [6, 6.07) is 0.692. The number of hydrogen-bond acceptors (Lipinski definition) is 3. The van der Waals surface area contributed by atoms with Crippen molar-refractivity contribution in [1.82, 2.24) is 9.80 Å². The van der Waals surface area contributed by atoms with Gasteiger partial charge in [-0.05, 0) is 34.6 Å². The maximum atomic E-state index is 12.0. The Balaban J connectivity index is 2.64. The summed E-state index contributed by atoms with van der Waals surface area (Å²) in [4.78, 5) is 16.1. The topological polar surface area (TPSA) is 43.8 Å². The predicted molar refractivity (Wildman–Crippen MR) is 64.2 cm³/mol. The van der Waals surface area contributed by atoms with E-state index in [1.165, 1.54) is 0 Å². The minimum Gasteiger partial charge on any atom is -0.381 e. The first-order valence-corrected chi connectivity index (χ1v) is 6.01. The first-order chi connectivity index (χ1) is 7.23. The minimum atomic E-state index is -1.26. The summed E-state index contributed by atoms with van der Waals surface area (Å²) in [6.45, 7) is 12.0. The molecule has 0 aliphatic carbocycles. The number of hydrogen-bond donors (Lipinski definition) is 1. The van der Waals surface area contributed by atoms with Gasteiger partial charge in [0.2, 0.25) is 0 Å². The lowest BCUT2D eigenvalue weighted by Gasteiger charge is -2.43. The fraction of sp³-hybridized carbons (Fsp3) is 0.917. The number of nitrogens with zero attached hydrogens (tertiary/aromatic N) is 2. The van der Waals surface area contributed by atoms with Crippen LogP contribution in [-0.2, 0) is 4.79 Å². The number of piperazine rings is 1. The van der Waals surface area contributed by atoms with Crippen LogP contribution in [0.2, 0.25) is 0 Å². The third kappa shape index (κ3) is 2.95. The van der Waals surface area contributed by atoms with E-state index in [9.17, 15) is 9.90 Å². The summed E-state index contributed by atoms with van der Waals surface area (Å²) in [5.41, 5.74) is -1.26. The monoisotopic (exact) mass is 228 g/mol. The molecule has 1 rings (SSSR count). The molecule has 1 heterocycles. The Morgan fingerprint density at radius 1 is 1.38 bits per heavy atom. The van der Waals surface area contributed by atoms with Crippen molar-refractivity contribution >= 4 is 5.91 Å². The van der Waals surface area contributed by atoms with Crippen molar-refractivity contribution in [3.63, 3.8) is 0 Å². The van der Waals surface area contributed by atoms with Crippen LogP contribution in [-0.4, -0.2) is 58.1 Å². The van der Waals surface area contributed by atoms with Crippen molar-refractivity contribution < 1.29 is 9.90 Å². The third-order valence-electron chi connectivity index (χ3n) is 3.17. The van der Waals surface area contributed by atoms with Crippen LogP contribution in [0.25, 0.3) is 0 Å². The van der Waals surface area contributed by atoms with Crippen LogP contribution >= 0.6 is 0 Å². The van der Waals surface area contributed by atoms with Crippen molar-refractivity contribution in [3.8, 4) is 0 Å². The van der Waals surface area contributed by atoms with Crippen molar-refractivity contribution in [1.29, 1.82) is 0 Å². The summed E-state index contributed by atoms with van der Waals surface area (Å²) in [6.07, 6.45) is 0. The predicted octanol–water partition coefficient (Wildman–Crippen LogP) is 0.698. The van der Waals surface area contributed by atoms with Gasteiger partial charge in [0.15, 0.2) is 0 Å². The first kappa shape index (κ1) is 13.5. The van der Waals surface area contributed by atoms with E-state index in [0.29, 0.717) is 12.6 Å². The molecule has 0 saturated carbocycles. The number of aliphatic hydroxyl groups is 1. The molecule has 1 atom stereocenters. The molecule has 1 amide bonds. The lowest BCUT2D eigenvalue weighted by molar-refractivity contribution is -0.152. The van der Waals surface area contributed by atoms with E-state index in [4.69, 9.17) is 0 Å². The van der Waals surface area contributed by atoms with Gasteiger partial charge in [-0.3, -0.25) is 9.69 Å². The van der Waals surface area contributed by atoms with Crippen molar-refractivity contribution in [2.24, 2.45) is 0 Å². The van der Waals surface area contributed by atoms with E-state index in [1.807, 2.05) is 6.92 Å². The largest absolute Gasteiger partial charge is 0.381 e. The molecule has 1 N–H and O–H groups in total. The zero-order valence-electron chi connectivity index (χ0n) is 11.0. The molecule has 1 aliphatic rings. The molecule has 1 saturated heterocycles. The SMILES string of the molecule is CC(C)N1CCN(C(=O)C(C)(C)O)[C@H](C)C1. The van der Waals surface area contributed by atoms with Crippen molar-refractivity contribution in [2.45, 2.75) is 52.3 Å². The summed E-state index contributed by atoms with van der Waals surface area (Å²) in [7, 11) is 0. The maximum Gasteiger partial charge on any atom is 0.254 e. The second kappa shape index (κ2) is 4.72. The second-order valence-corrected chi connectivity index (χ2v) is 5.50. The Bertz CT molecular complexity index is 258. The van der Waals surface area contributed by atoms with Crippen LogP contribution in [0.3, 0.4) is 0 Å². The van der Waals surface area contributed by atoms with Gasteiger partial charge in [-0.2, -0.15) is 0 Å². The molecule has 0 aromatic heterocycles. The van der Waals surface area contributed by atoms with Crippen LogP contribution < -0.4 is 0 Å². The molecule has 4 nitrogen and oxygen atoms in total. The number of carbonyl (C=O) groups excluding carboxylic acids is 1. The second-order valence-electron chi connectivity index (χ2n) is 5.50. The highest BCUT2D eigenvalue weighted by Crippen LogP contribution is 2.16. The molecule has 1 fully saturated rings. The van der Waals surface area contributed by atoms with E-state index in [-0.39, 0.29) is 11.9 Å². The van der Waals surface area contributed by atoms with Crippen LogP contribution in [0.15, 0.2) is 0 Å². The Labute approximate surface area is 98.2 Å². The first-order valence-electron chi connectivity index (χ1n) is 6.01. The molecule has 1 aliphatic heterocycles. The molecule has 94 valence electrons. The number of carbonyl (C=O) groups is 1. The minimum absolute atomic E-state index is 0.164. The highest BCUT2D eigenvalue weighted by Gasteiger charge is 2.35. The molecule has 0 radical (unpaired) electrons. The van der Waals surface area contributed by atoms with Crippen LogP contribution in [0.5, 0.6) is 0 Å². The maximum absolute atomic E-state index is 12.0. The molecule has 0 aromatic carbocycles. The van der Waals surface area contributed by atoms with Gasteiger partial charge in [0.25, 0.3) is 5.91 Å². The zero-order chi connectivity index (χ0) is 12.5. The van der Waals surface area contributed by atoms with Gasteiger partial charge in [0, 0.05) is 31.7 Å². The quantitative estimate of drug-likeness (QED) is 0.756. The number of amides is 1. The average Bonchev–Trinajstić information content (AvgIpc) is 2.15. The van der Waals surface area contributed by atoms with Crippen LogP contribution in [0.4, 0.5) is 0 Å². The molecule has 4 heteroatoms. The molecule has 0 spiro atoms. The van der Waals surface area contributed by atoms with Crippen molar-refractivity contribution in [2.75, 3.05) is 19.6 Å². The molecule has 16 heavy (non-hydrogen) atoms. The molecule has 0 aromatic rings. The van der Waals surface area contributed by atoms with Gasteiger partial charge in [0.1, 0.15) is 5.60 Å². The van der Waals surface area contributed by atoms with Gasteiger partial charge in [-0.25, -0.2) is 0 Å². The Morgan fingerprint density at radius 2 is 1.94 bits per heavy atom. The smallest absolute Gasteiger partial charge is 0.254 e. The summed E-state index contributed by atoms with van der Waals surface area (Å²) >= 11 is 0. The Hall–Kier alpha value is -0.610. The van der Waals surface area contributed by atoms with E-state index in [1.54, 1.807) is 18.7 Å². The van der Waals surface area contributed by atoms with Crippen molar-refractivity contribution in [3.05, 3.63) is 0 Å².